The molecule has 2 unspecified atom stereocenters. The molecule has 5 heteroatoms. The second-order valence-electron chi connectivity index (χ2n) is 6.19. The summed E-state index contributed by atoms with van der Waals surface area (Å²) >= 11 is 0. The van der Waals surface area contributed by atoms with Gasteiger partial charge < -0.3 is 9.84 Å². The molecule has 114 valence electrons. The molecule has 1 heterocycles. The van der Waals surface area contributed by atoms with Crippen LogP contribution in [0.2, 0.25) is 0 Å². The summed E-state index contributed by atoms with van der Waals surface area (Å²) in [5.74, 6) is 0.689. The molecule has 1 aromatic heterocycles. The molecule has 1 N–H and O–H groups in total. The largest absolute Gasteiger partial charge is 0.466 e. The van der Waals surface area contributed by atoms with Crippen molar-refractivity contribution >= 4 is 0 Å². The van der Waals surface area contributed by atoms with Gasteiger partial charge in [-0.05, 0) is 24.0 Å². The van der Waals surface area contributed by atoms with Gasteiger partial charge >= 0.3 is 0 Å². The summed E-state index contributed by atoms with van der Waals surface area (Å²) in [6, 6.07) is 9.45. The van der Waals surface area contributed by atoms with Crippen molar-refractivity contribution in [3.8, 4) is 5.75 Å². The molecule has 0 radical (unpaired) electrons. The predicted molar refractivity (Wildman–Crippen MR) is 80.8 cm³/mol. The summed E-state index contributed by atoms with van der Waals surface area (Å²) in [6.45, 7) is 7.93. The minimum atomic E-state index is -1.09. The molecule has 0 aliphatic rings. The maximum absolute atomic E-state index is 11.2. The standard InChI is InChI=1S/C16H23N3O2/c1-5-16(20,15(2,3)4)14(19-12-17-11-18-19)21-13-9-7-6-8-10-13/h6-12,14,20H,5H2,1-4H3. The van der Waals surface area contributed by atoms with Crippen LogP contribution in [0, 0.1) is 5.41 Å². The lowest BCUT2D eigenvalue weighted by Gasteiger charge is -2.44. The summed E-state index contributed by atoms with van der Waals surface area (Å²) in [5, 5.41) is 15.4. The Morgan fingerprint density at radius 2 is 1.90 bits per heavy atom. The van der Waals surface area contributed by atoms with E-state index in [9.17, 15) is 5.11 Å². The fourth-order valence-electron chi connectivity index (χ4n) is 2.41. The molecule has 1 aromatic carbocycles. The van der Waals surface area contributed by atoms with Crippen LogP contribution in [0.1, 0.15) is 40.3 Å². The van der Waals surface area contributed by atoms with E-state index in [4.69, 9.17) is 4.74 Å². The monoisotopic (exact) mass is 289 g/mol. The van der Waals surface area contributed by atoms with Gasteiger partial charge in [-0.2, -0.15) is 5.10 Å². The van der Waals surface area contributed by atoms with E-state index in [0.29, 0.717) is 12.2 Å². The van der Waals surface area contributed by atoms with Crippen molar-refractivity contribution in [3.63, 3.8) is 0 Å². The van der Waals surface area contributed by atoms with Crippen LogP contribution in [0.15, 0.2) is 43.0 Å². The first-order chi connectivity index (χ1) is 9.88. The second-order valence-corrected chi connectivity index (χ2v) is 6.19. The normalized spacial score (nSPS) is 16.2. The minimum Gasteiger partial charge on any atom is -0.466 e. The highest BCUT2D eigenvalue weighted by Crippen LogP contribution is 2.42. The van der Waals surface area contributed by atoms with E-state index in [0.717, 1.165) is 0 Å². The third-order valence-electron chi connectivity index (χ3n) is 3.91. The molecular formula is C16H23N3O2. The highest BCUT2D eigenvalue weighted by molar-refractivity contribution is 5.21. The van der Waals surface area contributed by atoms with Crippen molar-refractivity contribution in [1.29, 1.82) is 0 Å². The SMILES string of the molecule is CCC(O)(C(Oc1ccccc1)n1cncn1)C(C)(C)C. The smallest absolute Gasteiger partial charge is 0.221 e. The summed E-state index contributed by atoms with van der Waals surface area (Å²) in [6.07, 6.45) is 2.90. The van der Waals surface area contributed by atoms with Gasteiger partial charge in [-0.25, -0.2) is 9.67 Å². The molecule has 0 aliphatic heterocycles. The zero-order valence-corrected chi connectivity index (χ0v) is 13.0. The van der Waals surface area contributed by atoms with Crippen molar-refractivity contribution in [2.24, 2.45) is 5.41 Å². The number of aromatic nitrogens is 3. The van der Waals surface area contributed by atoms with Crippen LogP contribution >= 0.6 is 0 Å². The predicted octanol–water partition coefficient (Wildman–Crippen LogP) is 3.04. The quantitative estimate of drug-likeness (QED) is 0.919. The first kappa shape index (κ1) is 15.5. The molecule has 5 nitrogen and oxygen atoms in total. The number of hydrogen-bond acceptors (Lipinski definition) is 4. The van der Waals surface area contributed by atoms with Crippen molar-refractivity contribution < 1.29 is 9.84 Å². The number of aliphatic hydroxyl groups is 1. The summed E-state index contributed by atoms with van der Waals surface area (Å²) in [5.41, 5.74) is -1.47. The lowest BCUT2D eigenvalue weighted by atomic mass is 9.73. The van der Waals surface area contributed by atoms with Crippen LogP contribution in [0.5, 0.6) is 5.75 Å². The van der Waals surface area contributed by atoms with Gasteiger partial charge in [0, 0.05) is 0 Å². The van der Waals surface area contributed by atoms with Gasteiger partial charge in [-0.15, -0.1) is 0 Å². The van der Waals surface area contributed by atoms with Gasteiger partial charge in [0.15, 0.2) is 0 Å². The molecule has 21 heavy (non-hydrogen) atoms. The Kier molecular flexibility index (Phi) is 4.32. The summed E-state index contributed by atoms with van der Waals surface area (Å²) in [4.78, 5) is 3.98. The van der Waals surface area contributed by atoms with Crippen LogP contribution in [0.3, 0.4) is 0 Å². The van der Waals surface area contributed by atoms with Crippen molar-refractivity contribution in [2.75, 3.05) is 0 Å². The fraction of sp³-hybridized carbons (Fsp3) is 0.500. The van der Waals surface area contributed by atoms with Crippen LogP contribution in [0.4, 0.5) is 0 Å². The summed E-state index contributed by atoms with van der Waals surface area (Å²) < 4.78 is 7.62. The van der Waals surface area contributed by atoms with E-state index in [1.165, 1.54) is 6.33 Å². The first-order valence-electron chi connectivity index (χ1n) is 7.16. The number of rotatable bonds is 5. The number of para-hydroxylation sites is 1. The Balaban J connectivity index is 2.42. The third-order valence-corrected chi connectivity index (χ3v) is 3.91. The Hall–Kier alpha value is -1.88. The number of nitrogens with zero attached hydrogens (tertiary/aromatic N) is 3. The van der Waals surface area contributed by atoms with Crippen LogP contribution in [-0.2, 0) is 0 Å². The van der Waals surface area contributed by atoms with E-state index >= 15 is 0 Å². The maximum atomic E-state index is 11.2. The van der Waals surface area contributed by atoms with Gasteiger partial charge in [0.2, 0.25) is 6.23 Å². The zero-order chi connectivity index (χ0) is 15.5. The molecule has 0 fully saturated rings. The van der Waals surface area contributed by atoms with E-state index in [2.05, 4.69) is 10.1 Å². The topological polar surface area (TPSA) is 60.2 Å². The summed E-state index contributed by atoms with van der Waals surface area (Å²) in [7, 11) is 0. The van der Waals surface area contributed by atoms with Gasteiger partial charge in [-0.1, -0.05) is 45.9 Å². The average molecular weight is 289 g/mol. The molecule has 2 atom stereocenters. The van der Waals surface area contributed by atoms with Crippen LogP contribution in [-0.4, -0.2) is 25.5 Å². The van der Waals surface area contributed by atoms with E-state index < -0.39 is 11.8 Å². The lowest BCUT2D eigenvalue weighted by Crippen LogP contribution is -2.52. The van der Waals surface area contributed by atoms with E-state index in [1.54, 1.807) is 11.0 Å². The molecule has 0 saturated carbocycles. The molecule has 2 aromatic rings. The molecule has 0 spiro atoms. The second kappa shape index (κ2) is 5.85. The molecule has 0 aliphatic carbocycles. The zero-order valence-electron chi connectivity index (χ0n) is 13.0. The van der Waals surface area contributed by atoms with Crippen LogP contribution < -0.4 is 4.74 Å². The van der Waals surface area contributed by atoms with Crippen molar-refractivity contribution in [2.45, 2.75) is 45.9 Å². The molecule has 0 bridgehead atoms. The van der Waals surface area contributed by atoms with Crippen molar-refractivity contribution in [1.82, 2.24) is 14.8 Å². The molecule has 2 rings (SSSR count). The molecule has 0 saturated heterocycles. The van der Waals surface area contributed by atoms with E-state index in [-0.39, 0.29) is 5.41 Å². The number of hydrogen-bond donors (Lipinski definition) is 1. The highest BCUT2D eigenvalue weighted by atomic mass is 16.5. The minimum absolute atomic E-state index is 0.382. The molecular weight excluding hydrogens is 266 g/mol. The van der Waals surface area contributed by atoms with Crippen molar-refractivity contribution in [3.05, 3.63) is 43.0 Å². The van der Waals surface area contributed by atoms with Gasteiger partial charge in [0.25, 0.3) is 0 Å². The Labute approximate surface area is 125 Å². The number of ether oxygens (including phenoxy) is 1. The molecule has 0 amide bonds. The average Bonchev–Trinajstić information content (AvgIpc) is 2.97. The Morgan fingerprint density at radius 3 is 2.38 bits per heavy atom. The van der Waals surface area contributed by atoms with Gasteiger partial charge in [-0.3, -0.25) is 0 Å². The van der Waals surface area contributed by atoms with Crippen LogP contribution in [0.25, 0.3) is 0 Å². The highest BCUT2D eigenvalue weighted by Gasteiger charge is 2.48. The number of benzene rings is 1. The first-order valence-corrected chi connectivity index (χ1v) is 7.16. The maximum Gasteiger partial charge on any atom is 0.221 e. The van der Waals surface area contributed by atoms with Gasteiger partial charge in [0.1, 0.15) is 24.0 Å². The lowest BCUT2D eigenvalue weighted by molar-refractivity contribution is -0.167. The third kappa shape index (κ3) is 3.08. The van der Waals surface area contributed by atoms with E-state index in [1.807, 2.05) is 58.0 Å². The Morgan fingerprint density at radius 1 is 1.24 bits per heavy atom. The fourth-order valence-corrected chi connectivity index (χ4v) is 2.41. The van der Waals surface area contributed by atoms with Gasteiger partial charge in [0.05, 0.1) is 0 Å². The Bertz CT molecular complexity index is 549.